The number of hydrogen-bond donors (Lipinski definition) is 1. The fourth-order valence-electron chi connectivity index (χ4n) is 2.47. The second-order valence-electron chi connectivity index (χ2n) is 5.48. The minimum atomic E-state index is -0.0341. The Bertz CT molecular complexity index is 494. The molecule has 2 rings (SSSR count). The van der Waals surface area contributed by atoms with Gasteiger partial charge in [0.25, 0.3) is 0 Å². The van der Waals surface area contributed by atoms with Crippen molar-refractivity contribution in [1.82, 2.24) is 15.2 Å². The predicted octanol–water partition coefficient (Wildman–Crippen LogP) is 1.69. The van der Waals surface area contributed by atoms with E-state index >= 15 is 0 Å². The Kier molecular flexibility index (Phi) is 5.30. The molecule has 0 saturated carbocycles. The number of nitrogens with zero attached hydrogens (tertiary/aromatic N) is 2. The highest BCUT2D eigenvalue weighted by molar-refractivity contribution is 5.87. The maximum atomic E-state index is 11.7. The topological polar surface area (TPSA) is 45.2 Å². The third-order valence-corrected chi connectivity index (χ3v) is 3.53. The largest absolute Gasteiger partial charge is 0.348 e. The van der Waals surface area contributed by atoms with Crippen molar-refractivity contribution in [2.24, 2.45) is 0 Å². The Morgan fingerprint density at radius 3 is 3.00 bits per heavy atom. The number of hydrogen-bond acceptors (Lipinski definition) is 3. The molecule has 0 saturated heterocycles. The van der Waals surface area contributed by atoms with E-state index in [1.807, 2.05) is 37.3 Å². The van der Waals surface area contributed by atoms with Gasteiger partial charge in [-0.1, -0.05) is 6.08 Å². The highest BCUT2D eigenvalue weighted by Gasteiger charge is 2.13. The lowest BCUT2D eigenvalue weighted by Gasteiger charge is -2.18. The van der Waals surface area contributed by atoms with Gasteiger partial charge < -0.3 is 10.2 Å². The summed E-state index contributed by atoms with van der Waals surface area (Å²) in [4.78, 5) is 18.2. The number of fused-ring (bicyclic) bond motifs is 1. The van der Waals surface area contributed by atoms with Gasteiger partial charge in [0, 0.05) is 31.1 Å². The van der Waals surface area contributed by atoms with E-state index < -0.39 is 0 Å². The molecule has 0 aliphatic heterocycles. The van der Waals surface area contributed by atoms with Gasteiger partial charge in [-0.3, -0.25) is 9.78 Å². The van der Waals surface area contributed by atoms with Crippen LogP contribution in [0.3, 0.4) is 0 Å². The summed E-state index contributed by atoms with van der Waals surface area (Å²) < 4.78 is 0. The van der Waals surface area contributed by atoms with Gasteiger partial charge >= 0.3 is 0 Å². The number of rotatable bonds is 5. The molecule has 1 amide bonds. The summed E-state index contributed by atoms with van der Waals surface area (Å²) in [6.45, 7) is 1.37. The number of nitrogens with one attached hydrogen (secondary N) is 1. The number of carbonyl (C=O) groups is 1. The van der Waals surface area contributed by atoms with E-state index in [0.29, 0.717) is 6.54 Å². The van der Waals surface area contributed by atoms with Crippen LogP contribution in [0.15, 0.2) is 24.4 Å². The van der Waals surface area contributed by atoms with Crippen LogP contribution in [0.25, 0.3) is 0 Å². The first-order chi connectivity index (χ1) is 9.66. The van der Waals surface area contributed by atoms with E-state index in [4.69, 9.17) is 0 Å². The molecule has 0 bridgehead atoms. The standard InChI is InChI=1S/C16H23N3O/c1-19(2)11-5-8-16(20)18-12-13-9-10-17-15-7-4-3-6-14(13)15/h5,8-10H,3-4,6-7,11-12H2,1-2H3,(H,18,20)/b8-5+. The van der Waals surface area contributed by atoms with Gasteiger partial charge in [-0.15, -0.1) is 0 Å². The molecular weight excluding hydrogens is 250 g/mol. The molecule has 20 heavy (non-hydrogen) atoms. The lowest BCUT2D eigenvalue weighted by Crippen LogP contribution is -2.22. The molecule has 108 valence electrons. The van der Waals surface area contributed by atoms with Crippen LogP contribution in [0.2, 0.25) is 0 Å². The Labute approximate surface area is 120 Å². The first-order valence-corrected chi connectivity index (χ1v) is 7.21. The summed E-state index contributed by atoms with van der Waals surface area (Å²) in [5, 5.41) is 2.95. The Morgan fingerprint density at radius 2 is 2.20 bits per heavy atom. The van der Waals surface area contributed by atoms with E-state index in [9.17, 15) is 4.79 Å². The maximum absolute atomic E-state index is 11.7. The number of amides is 1. The van der Waals surface area contributed by atoms with Gasteiger partial charge in [-0.05, 0) is 57.0 Å². The zero-order chi connectivity index (χ0) is 14.4. The number of likely N-dealkylation sites (N-methyl/N-ethyl adjacent to an activating group) is 1. The van der Waals surface area contributed by atoms with Crippen molar-refractivity contribution in [2.75, 3.05) is 20.6 Å². The average molecular weight is 273 g/mol. The number of pyridine rings is 1. The second-order valence-corrected chi connectivity index (χ2v) is 5.48. The molecule has 0 spiro atoms. The third-order valence-electron chi connectivity index (χ3n) is 3.53. The van der Waals surface area contributed by atoms with Crippen LogP contribution in [0.1, 0.15) is 29.7 Å². The first kappa shape index (κ1) is 14.7. The van der Waals surface area contributed by atoms with Crippen LogP contribution < -0.4 is 5.32 Å². The van der Waals surface area contributed by atoms with Crippen LogP contribution in [-0.4, -0.2) is 36.4 Å². The molecule has 1 aliphatic carbocycles. The highest BCUT2D eigenvalue weighted by atomic mass is 16.1. The molecule has 4 nitrogen and oxygen atoms in total. The Hall–Kier alpha value is -1.68. The zero-order valence-corrected chi connectivity index (χ0v) is 12.4. The lowest BCUT2D eigenvalue weighted by molar-refractivity contribution is -0.116. The first-order valence-electron chi connectivity index (χ1n) is 7.21. The molecule has 0 aromatic carbocycles. The van der Waals surface area contributed by atoms with Gasteiger partial charge in [0.2, 0.25) is 5.91 Å². The van der Waals surface area contributed by atoms with E-state index in [1.54, 1.807) is 6.08 Å². The van der Waals surface area contributed by atoms with Gasteiger partial charge in [-0.2, -0.15) is 0 Å². The summed E-state index contributed by atoms with van der Waals surface area (Å²) in [7, 11) is 3.96. The molecular formula is C16H23N3O. The van der Waals surface area contributed by atoms with E-state index in [0.717, 1.165) is 19.4 Å². The Morgan fingerprint density at radius 1 is 1.40 bits per heavy atom. The summed E-state index contributed by atoms with van der Waals surface area (Å²) in [6, 6.07) is 2.02. The van der Waals surface area contributed by atoms with Crippen molar-refractivity contribution in [3.05, 3.63) is 41.2 Å². The van der Waals surface area contributed by atoms with Crippen LogP contribution in [0, 0.1) is 0 Å². The number of carbonyl (C=O) groups excluding carboxylic acids is 1. The van der Waals surface area contributed by atoms with Crippen LogP contribution in [-0.2, 0) is 24.2 Å². The second kappa shape index (κ2) is 7.20. The van der Waals surface area contributed by atoms with Crippen LogP contribution in [0.4, 0.5) is 0 Å². The van der Waals surface area contributed by atoms with E-state index in [-0.39, 0.29) is 5.91 Å². The quantitative estimate of drug-likeness (QED) is 0.831. The molecule has 1 heterocycles. The minimum absolute atomic E-state index is 0.0341. The number of aromatic nitrogens is 1. The SMILES string of the molecule is CN(C)C/C=C/C(=O)NCc1ccnc2c1CCCC2. The van der Waals surface area contributed by atoms with Crippen molar-refractivity contribution >= 4 is 5.91 Å². The molecule has 0 fully saturated rings. The normalized spacial score (nSPS) is 14.6. The average Bonchev–Trinajstić information content (AvgIpc) is 2.44. The van der Waals surface area contributed by atoms with Gasteiger partial charge in [0.15, 0.2) is 0 Å². The molecule has 0 atom stereocenters. The molecule has 1 aliphatic rings. The molecule has 1 aromatic rings. The van der Waals surface area contributed by atoms with Gasteiger partial charge in [0.05, 0.1) is 0 Å². The summed E-state index contributed by atoms with van der Waals surface area (Å²) in [5.74, 6) is -0.0341. The van der Waals surface area contributed by atoms with Crippen LogP contribution >= 0.6 is 0 Å². The summed E-state index contributed by atoms with van der Waals surface area (Å²) in [5.41, 5.74) is 3.77. The van der Waals surface area contributed by atoms with Gasteiger partial charge in [-0.25, -0.2) is 0 Å². The van der Waals surface area contributed by atoms with Crippen molar-refractivity contribution in [3.8, 4) is 0 Å². The van der Waals surface area contributed by atoms with E-state index in [1.165, 1.54) is 29.7 Å². The molecule has 0 radical (unpaired) electrons. The van der Waals surface area contributed by atoms with Crippen molar-refractivity contribution < 1.29 is 4.79 Å². The molecule has 1 N–H and O–H groups in total. The fourth-order valence-corrected chi connectivity index (χ4v) is 2.47. The third kappa shape index (κ3) is 4.17. The molecule has 1 aromatic heterocycles. The van der Waals surface area contributed by atoms with E-state index in [2.05, 4.69) is 10.3 Å². The smallest absolute Gasteiger partial charge is 0.243 e. The lowest BCUT2D eigenvalue weighted by atomic mass is 9.92. The zero-order valence-electron chi connectivity index (χ0n) is 12.4. The van der Waals surface area contributed by atoms with Crippen LogP contribution in [0.5, 0.6) is 0 Å². The highest BCUT2D eigenvalue weighted by Crippen LogP contribution is 2.22. The maximum Gasteiger partial charge on any atom is 0.243 e. The monoisotopic (exact) mass is 273 g/mol. The minimum Gasteiger partial charge on any atom is -0.348 e. The summed E-state index contributed by atoms with van der Waals surface area (Å²) in [6.07, 6.45) is 9.94. The Balaban J connectivity index is 1.91. The van der Waals surface area contributed by atoms with Crippen molar-refractivity contribution in [2.45, 2.75) is 32.2 Å². The molecule has 4 heteroatoms. The molecule has 0 unspecified atom stereocenters. The van der Waals surface area contributed by atoms with Crippen molar-refractivity contribution in [1.29, 1.82) is 0 Å². The van der Waals surface area contributed by atoms with Crippen molar-refractivity contribution in [3.63, 3.8) is 0 Å². The number of aryl methyl sites for hydroxylation is 1. The summed E-state index contributed by atoms with van der Waals surface area (Å²) >= 11 is 0. The fraction of sp³-hybridized carbons (Fsp3) is 0.500. The van der Waals surface area contributed by atoms with Gasteiger partial charge in [0.1, 0.15) is 0 Å². The predicted molar refractivity (Wildman–Crippen MR) is 80.4 cm³/mol.